The molecule has 0 saturated carbocycles. The molecule has 0 spiro atoms. The van der Waals surface area contributed by atoms with Gasteiger partial charge in [0.15, 0.2) is 0 Å². The third-order valence-electron chi connectivity index (χ3n) is 3.83. The van der Waals surface area contributed by atoms with Crippen molar-refractivity contribution in [1.82, 2.24) is 15.1 Å². The molecule has 3 rings (SSSR count). The summed E-state index contributed by atoms with van der Waals surface area (Å²) in [5.41, 5.74) is 0.162. The number of likely N-dealkylation sites (tertiary alicyclic amines) is 1. The minimum Gasteiger partial charge on any atom is -0.427 e. The largest absolute Gasteiger partial charge is 0.427 e. The van der Waals surface area contributed by atoms with Crippen molar-refractivity contribution in [3.63, 3.8) is 0 Å². The molecule has 20 heavy (non-hydrogen) atoms. The van der Waals surface area contributed by atoms with Gasteiger partial charge in [0.05, 0.1) is 12.1 Å². The molecule has 0 bridgehead atoms. The number of nitrogens with zero attached hydrogens (tertiary/aromatic N) is 3. The highest BCUT2D eigenvalue weighted by atomic mass is 35.5. The van der Waals surface area contributed by atoms with Crippen molar-refractivity contribution in [3.8, 4) is 0 Å². The fraction of sp³-hybridized carbons (Fsp3) is 0.429. The van der Waals surface area contributed by atoms with Gasteiger partial charge in [0, 0.05) is 18.1 Å². The third kappa shape index (κ3) is 2.85. The van der Waals surface area contributed by atoms with E-state index >= 15 is 0 Å². The summed E-state index contributed by atoms with van der Waals surface area (Å²) in [5, 5.41) is 19.0. The van der Waals surface area contributed by atoms with Crippen LogP contribution in [0, 0.1) is 0 Å². The maximum absolute atomic E-state index is 10.8. The standard InChI is InChI=1S/C14H16ClN3O2/c15-12-3-1-11(2-4-12)14(19)5-7-18(8-6-14)9-13-17-16-10-20-13/h1-4,10,19H,5-9H2. The maximum atomic E-state index is 10.8. The van der Waals surface area contributed by atoms with Crippen molar-refractivity contribution >= 4 is 11.6 Å². The first-order valence-corrected chi connectivity index (χ1v) is 6.99. The van der Waals surface area contributed by atoms with Crippen LogP contribution in [0.1, 0.15) is 24.3 Å². The molecule has 0 radical (unpaired) electrons. The topological polar surface area (TPSA) is 62.4 Å². The number of aromatic nitrogens is 2. The number of halogens is 1. The maximum Gasteiger partial charge on any atom is 0.230 e. The number of aliphatic hydroxyl groups is 1. The van der Waals surface area contributed by atoms with Gasteiger partial charge in [-0.15, -0.1) is 10.2 Å². The summed E-state index contributed by atoms with van der Waals surface area (Å²) < 4.78 is 5.14. The van der Waals surface area contributed by atoms with E-state index in [1.165, 1.54) is 6.39 Å². The summed E-state index contributed by atoms with van der Waals surface area (Å²) >= 11 is 5.89. The predicted molar refractivity (Wildman–Crippen MR) is 74.2 cm³/mol. The lowest BCUT2D eigenvalue weighted by molar-refractivity contribution is -0.0292. The van der Waals surface area contributed by atoms with Gasteiger partial charge in [0.1, 0.15) is 0 Å². The average Bonchev–Trinajstić information content (AvgIpc) is 2.95. The van der Waals surface area contributed by atoms with Crippen LogP contribution in [-0.4, -0.2) is 33.3 Å². The Morgan fingerprint density at radius 3 is 2.55 bits per heavy atom. The molecular formula is C14H16ClN3O2. The van der Waals surface area contributed by atoms with E-state index in [1.54, 1.807) is 0 Å². The summed E-state index contributed by atoms with van der Waals surface area (Å²) in [4.78, 5) is 2.21. The normalized spacial score (nSPS) is 19.1. The molecule has 2 aromatic rings. The molecule has 1 fully saturated rings. The minimum absolute atomic E-state index is 0.613. The van der Waals surface area contributed by atoms with Crippen LogP contribution in [0.25, 0.3) is 0 Å². The van der Waals surface area contributed by atoms with E-state index in [9.17, 15) is 5.11 Å². The second kappa shape index (κ2) is 5.52. The molecule has 1 saturated heterocycles. The monoisotopic (exact) mass is 293 g/mol. The molecule has 5 nitrogen and oxygen atoms in total. The number of benzene rings is 1. The van der Waals surface area contributed by atoms with Gasteiger partial charge in [-0.25, -0.2) is 0 Å². The molecule has 1 aromatic carbocycles. The zero-order valence-electron chi connectivity index (χ0n) is 11.0. The Labute approximate surface area is 122 Å². The summed E-state index contributed by atoms with van der Waals surface area (Å²) in [5.74, 6) is 0.613. The highest BCUT2D eigenvalue weighted by molar-refractivity contribution is 6.30. The predicted octanol–water partition coefficient (Wildman–Crippen LogP) is 2.21. The van der Waals surface area contributed by atoms with Crippen molar-refractivity contribution in [3.05, 3.63) is 47.1 Å². The van der Waals surface area contributed by atoms with Gasteiger partial charge in [0.2, 0.25) is 12.3 Å². The van der Waals surface area contributed by atoms with Crippen LogP contribution in [0.3, 0.4) is 0 Å². The van der Waals surface area contributed by atoms with Gasteiger partial charge in [0.25, 0.3) is 0 Å². The quantitative estimate of drug-likeness (QED) is 0.940. The minimum atomic E-state index is -0.768. The van der Waals surface area contributed by atoms with E-state index in [-0.39, 0.29) is 0 Å². The van der Waals surface area contributed by atoms with E-state index in [4.69, 9.17) is 16.0 Å². The molecule has 0 atom stereocenters. The van der Waals surface area contributed by atoms with Crippen molar-refractivity contribution < 1.29 is 9.52 Å². The Morgan fingerprint density at radius 2 is 1.95 bits per heavy atom. The van der Waals surface area contributed by atoms with Gasteiger partial charge < -0.3 is 9.52 Å². The van der Waals surface area contributed by atoms with Crippen LogP contribution in [-0.2, 0) is 12.1 Å². The lowest BCUT2D eigenvalue weighted by atomic mass is 9.84. The van der Waals surface area contributed by atoms with Crippen molar-refractivity contribution in [2.45, 2.75) is 25.0 Å². The molecule has 0 aliphatic carbocycles. The summed E-state index contributed by atoms with van der Waals surface area (Å²) in [6, 6.07) is 7.44. The molecule has 1 aliphatic heterocycles. The Balaban J connectivity index is 1.63. The Morgan fingerprint density at radius 1 is 1.25 bits per heavy atom. The van der Waals surface area contributed by atoms with Gasteiger partial charge in [-0.2, -0.15) is 0 Å². The second-order valence-electron chi connectivity index (χ2n) is 5.15. The summed E-state index contributed by atoms with van der Waals surface area (Å²) in [6.07, 6.45) is 2.70. The first-order valence-electron chi connectivity index (χ1n) is 6.61. The second-order valence-corrected chi connectivity index (χ2v) is 5.58. The SMILES string of the molecule is OC1(c2ccc(Cl)cc2)CCN(Cc2nnco2)CC1. The van der Waals surface area contributed by atoms with E-state index in [2.05, 4.69) is 15.1 Å². The molecule has 2 heterocycles. The fourth-order valence-electron chi connectivity index (χ4n) is 2.59. The first-order chi connectivity index (χ1) is 9.66. The van der Waals surface area contributed by atoms with Crippen molar-refractivity contribution in [2.75, 3.05) is 13.1 Å². The molecule has 1 aromatic heterocycles. The van der Waals surface area contributed by atoms with Crippen molar-refractivity contribution in [1.29, 1.82) is 0 Å². The van der Waals surface area contributed by atoms with Gasteiger partial charge >= 0.3 is 0 Å². The molecule has 6 heteroatoms. The van der Waals surface area contributed by atoms with Gasteiger partial charge in [-0.1, -0.05) is 23.7 Å². The summed E-state index contributed by atoms with van der Waals surface area (Å²) in [7, 11) is 0. The number of hydrogen-bond donors (Lipinski definition) is 1. The van der Waals surface area contributed by atoms with Crippen LogP contribution >= 0.6 is 11.6 Å². The average molecular weight is 294 g/mol. The number of hydrogen-bond acceptors (Lipinski definition) is 5. The van der Waals surface area contributed by atoms with Gasteiger partial charge in [-0.05, 0) is 30.5 Å². The molecule has 1 aliphatic rings. The number of piperidine rings is 1. The molecule has 1 N–H and O–H groups in total. The lowest BCUT2D eigenvalue weighted by Gasteiger charge is -2.38. The zero-order valence-corrected chi connectivity index (χ0v) is 11.8. The first kappa shape index (κ1) is 13.5. The van der Waals surface area contributed by atoms with Gasteiger partial charge in [-0.3, -0.25) is 4.90 Å². The van der Waals surface area contributed by atoms with Crippen LogP contribution in [0.5, 0.6) is 0 Å². The highest BCUT2D eigenvalue weighted by Crippen LogP contribution is 2.33. The van der Waals surface area contributed by atoms with Crippen molar-refractivity contribution in [2.24, 2.45) is 0 Å². The highest BCUT2D eigenvalue weighted by Gasteiger charge is 2.34. The van der Waals surface area contributed by atoms with Crippen LogP contribution in [0.4, 0.5) is 0 Å². The molecule has 0 amide bonds. The molecular weight excluding hydrogens is 278 g/mol. The van der Waals surface area contributed by atoms with Crippen LogP contribution < -0.4 is 0 Å². The van der Waals surface area contributed by atoms with E-state index in [0.29, 0.717) is 30.3 Å². The Bertz CT molecular complexity index is 548. The van der Waals surface area contributed by atoms with Crippen LogP contribution in [0.2, 0.25) is 5.02 Å². The Hall–Kier alpha value is -1.43. The molecule has 0 unspecified atom stereocenters. The van der Waals surface area contributed by atoms with Crippen LogP contribution in [0.15, 0.2) is 35.1 Å². The fourth-order valence-corrected chi connectivity index (χ4v) is 2.71. The summed E-state index contributed by atoms with van der Waals surface area (Å²) in [6.45, 7) is 2.22. The zero-order chi connectivity index (χ0) is 14.0. The Kier molecular flexibility index (Phi) is 3.74. The smallest absolute Gasteiger partial charge is 0.230 e. The molecule has 106 valence electrons. The van der Waals surface area contributed by atoms with E-state index in [0.717, 1.165) is 18.7 Å². The van der Waals surface area contributed by atoms with E-state index in [1.807, 2.05) is 24.3 Å². The third-order valence-corrected chi connectivity index (χ3v) is 4.08. The lowest BCUT2D eigenvalue weighted by Crippen LogP contribution is -2.42. The van der Waals surface area contributed by atoms with E-state index < -0.39 is 5.60 Å². The number of rotatable bonds is 3.